The van der Waals surface area contributed by atoms with E-state index >= 15 is 0 Å². The lowest BCUT2D eigenvalue weighted by Gasteiger charge is -2.46. The second-order valence-electron chi connectivity index (χ2n) is 4.72. The van der Waals surface area contributed by atoms with E-state index in [4.69, 9.17) is 6.42 Å². The van der Waals surface area contributed by atoms with Crippen molar-refractivity contribution in [2.24, 2.45) is 0 Å². The fraction of sp³-hybridized carbons (Fsp3) is 0.846. The van der Waals surface area contributed by atoms with Crippen LogP contribution in [0.5, 0.6) is 0 Å². The standard InChI is InChI=1S/C13H24N2/c1-5-12(14-6-2)13(15(3)4)10-8-7-9-11-13/h1,12,14H,6-11H2,2-4H3. The Labute approximate surface area is 94.4 Å². The van der Waals surface area contributed by atoms with Gasteiger partial charge in [-0.2, -0.15) is 0 Å². The summed E-state index contributed by atoms with van der Waals surface area (Å²) in [6.45, 7) is 3.07. The molecule has 0 spiro atoms. The van der Waals surface area contributed by atoms with E-state index in [1.54, 1.807) is 0 Å². The maximum atomic E-state index is 5.67. The first-order valence-electron chi connectivity index (χ1n) is 6.04. The zero-order valence-corrected chi connectivity index (χ0v) is 10.3. The van der Waals surface area contributed by atoms with Crippen molar-refractivity contribution in [2.75, 3.05) is 20.6 Å². The van der Waals surface area contributed by atoms with Gasteiger partial charge in [0.15, 0.2) is 0 Å². The van der Waals surface area contributed by atoms with E-state index in [9.17, 15) is 0 Å². The van der Waals surface area contributed by atoms with Crippen LogP contribution in [0.1, 0.15) is 39.0 Å². The molecule has 1 fully saturated rings. The largest absolute Gasteiger partial charge is 0.302 e. The molecule has 0 aromatic rings. The maximum absolute atomic E-state index is 5.67. The lowest BCUT2D eigenvalue weighted by atomic mass is 9.75. The Bertz CT molecular complexity index is 221. The fourth-order valence-corrected chi connectivity index (χ4v) is 2.77. The quantitative estimate of drug-likeness (QED) is 0.710. The zero-order chi connectivity index (χ0) is 11.3. The first kappa shape index (κ1) is 12.5. The van der Waals surface area contributed by atoms with E-state index < -0.39 is 0 Å². The predicted molar refractivity (Wildman–Crippen MR) is 65.8 cm³/mol. The van der Waals surface area contributed by atoms with Gasteiger partial charge in [-0.05, 0) is 33.5 Å². The van der Waals surface area contributed by atoms with Gasteiger partial charge in [-0.1, -0.05) is 32.1 Å². The average molecular weight is 208 g/mol. The Morgan fingerprint density at radius 2 is 1.93 bits per heavy atom. The topological polar surface area (TPSA) is 15.3 Å². The fourth-order valence-electron chi connectivity index (χ4n) is 2.77. The third kappa shape index (κ3) is 2.53. The Hall–Kier alpha value is -0.520. The van der Waals surface area contributed by atoms with Crippen LogP contribution in [0.15, 0.2) is 0 Å². The van der Waals surface area contributed by atoms with Crippen molar-refractivity contribution in [1.82, 2.24) is 10.2 Å². The SMILES string of the molecule is C#CC(NCC)C1(N(C)C)CCCCC1. The molecule has 0 aliphatic heterocycles. The molecule has 1 saturated carbocycles. The highest BCUT2D eigenvalue weighted by Crippen LogP contribution is 2.34. The van der Waals surface area contributed by atoms with Crippen molar-refractivity contribution in [3.63, 3.8) is 0 Å². The molecule has 0 radical (unpaired) electrons. The van der Waals surface area contributed by atoms with Crippen molar-refractivity contribution in [1.29, 1.82) is 0 Å². The molecule has 0 heterocycles. The second-order valence-corrected chi connectivity index (χ2v) is 4.72. The van der Waals surface area contributed by atoms with Crippen LogP contribution in [0.2, 0.25) is 0 Å². The third-order valence-electron chi connectivity index (χ3n) is 3.72. The normalized spacial score (nSPS) is 22.3. The summed E-state index contributed by atoms with van der Waals surface area (Å²) in [5, 5.41) is 3.45. The monoisotopic (exact) mass is 208 g/mol. The predicted octanol–water partition coefficient (Wildman–Crippen LogP) is 1.86. The number of nitrogens with one attached hydrogen (secondary N) is 1. The van der Waals surface area contributed by atoms with Gasteiger partial charge >= 0.3 is 0 Å². The van der Waals surface area contributed by atoms with Crippen LogP contribution >= 0.6 is 0 Å². The highest BCUT2D eigenvalue weighted by molar-refractivity contribution is 5.14. The molecule has 0 aromatic carbocycles. The molecule has 2 heteroatoms. The highest BCUT2D eigenvalue weighted by atomic mass is 15.2. The summed E-state index contributed by atoms with van der Waals surface area (Å²) in [5.41, 5.74) is 0.184. The molecule has 1 aliphatic carbocycles. The van der Waals surface area contributed by atoms with Crippen LogP contribution in [-0.2, 0) is 0 Å². The maximum Gasteiger partial charge on any atom is 0.0873 e. The van der Waals surface area contributed by atoms with Gasteiger partial charge in [-0.3, -0.25) is 0 Å². The van der Waals surface area contributed by atoms with Gasteiger partial charge in [-0.15, -0.1) is 6.42 Å². The molecule has 2 nitrogen and oxygen atoms in total. The highest BCUT2D eigenvalue weighted by Gasteiger charge is 2.40. The van der Waals surface area contributed by atoms with Crippen molar-refractivity contribution in [3.05, 3.63) is 0 Å². The van der Waals surface area contributed by atoms with Crippen LogP contribution in [0.3, 0.4) is 0 Å². The number of nitrogens with zero attached hydrogens (tertiary/aromatic N) is 1. The van der Waals surface area contributed by atoms with Crippen LogP contribution < -0.4 is 5.32 Å². The molecule has 0 aromatic heterocycles. The lowest BCUT2D eigenvalue weighted by Crippen LogP contribution is -2.59. The van der Waals surface area contributed by atoms with E-state index in [0.717, 1.165) is 6.54 Å². The lowest BCUT2D eigenvalue weighted by molar-refractivity contribution is 0.0775. The molecule has 86 valence electrons. The number of terminal acetylenes is 1. The molecule has 1 unspecified atom stereocenters. The van der Waals surface area contributed by atoms with Gasteiger partial charge in [0.1, 0.15) is 0 Å². The van der Waals surface area contributed by atoms with Crippen LogP contribution in [0.4, 0.5) is 0 Å². The van der Waals surface area contributed by atoms with Gasteiger partial charge in [0, 0.05) is 5.54 Å². The van der Waals surface area contributed by atoms with Crippen molar-refractivity contribution in [3.8, 4) is 12.3 Å². The van der Waals surface area contributed by atoms with E-state index in [0.29, 0.717) is 0 Å². The molecular formula is C13H24N2. The summed E-state index contributed by atoms with van der Waals surface area (Å²) in [4.78, 5) is 2.33. The number of rotatable bonds is 4. The molecule has 0 saturated heterocycles. The van der Waals surface area contributed by atoms with Crippen LogP contribution in [0.25, 0.3) is 0 Å². The number of hydrogen-bond donors (Lipinski definition) is 1. The Morgan fingerprint density at radius 3 is 2.33 bits per heavy atom. The summed E-state index contributed by atoms with van der Waals surface area (Å²) in [6, 6.07) is 0.192. The second kappa shape index (κ2) is 5.53. The molecule has 1 N–H and O–H groups in total. The third-order valence-corrected chi connectivity index (χ3v) is 3.72. The smallest absolute Gasteiger partial charge is 0.0873 e. The zero-order valence-electron chi connectivity index (χ0n) is 10.3. The Kier molecular flexibility index (Phi) is 4.63. The minimum atomic E-state index is 0.184. The minimum absolute atomic E-state index is 0.184. The van der Waals surface area contributed by atoms with E-state index in [1.165, 1.54) is 32.1 Å². The van der Waals surface area contributed by atoms with Gasteiger partial charge < -0.3 is 10.2 Å². The van der Waals surface area contributed by atoms with Crippen LogP contribution in [-0.4, -0.2) is 37.1 Å². The summed E-state index contributed by atoms with van der Waals surface area (Å²) in [5.74, 6) is 2.94. The summed E-state index contributed by atoms with van der Waals surface area (Å²) in [7, 11) is 4.32. The molecule has 1 rings (SSSR count). The molecule has 1 aliphatic rings. The number of hydrogen-bond acceptors (Lipinski definition) is 2. The molecular weight excluding hydrogens is 184 g/mol. The van der Waals surface area contributed by atoms with Crippen molar-refractivity contribution in [2.45, 2.75) is 50.6 Å². The van der Waals surface area contributed by atoms with E-state index in [1.807, 2.05) is 0 Å². The average Bonchev–Trinajstić information content (AvgIpc) is 2.26. The molecule has 0 bridgehead atoms. The minimum Gasteiger partial charge on any atom is -0.302 e. The van der Waals surface area contributed by atoms with Gasteiger partial charge in [0.05, 0.1) is 6.04 Å². The van der Waals surface area contributed by atoms with Gasteiger partial charge in [0.25, 0.3) is 0 Å². The van der Waals surface area contributed by atoms with Crippen LogP contribution in [0, 0.1) is 12.3 Å². The first-order valence-corrected chi connectivity index (χ1v) is 6.04. The molecule has 1 atom stereocenters. The molecule has 15 heavy (non-hydrogen) atoms. The molecule has 0 amide bonds. The van der Waals surface area contributed by atoms with Gasteiger partial charge in [-0.25, -0.2) is 0 Å². The Balaban J connectivity index is 2.83. The summed E-state index contributed by atoms with van der Waals surface area (Å²) >= 11 is 0. The van der Waals surface area contributed by atoms with Crippen molar-refractivity contribution < 1.29 is 0 Å². The van der Waals surface area contributed by atoms with Crippen molar-refractivity contribution >= 4 is 0 Å². The Morgan fingerprint density at radius 1 is 1.33 bits per heavy atom. The number of likely N-dealkylation sites (N-methyl/N-ethyl adjacent to an activating group) is 2. The van der Waals surface area contributed by atoms with Gasteiger partial charge in [0.2, 0.25) is 0 Å². The van der Waals surface area contributed by atoms with E-state index in [2.05, 4.69) is 37.2 Å². The first-order chi connectivity index (χ1) is 7.17. The summed E-state index contributed by atoms with van der Waals surface area (Å²) < 4.78 is 0. The summed E-state index contributed by atoms with van der Waals surface area (Å²) in [6.07, 6.45) is 12.1. The van der Waals surface area contributed by atoms with E-state index in [-0.39, 0.29) is 11.6 Å².